The quantitative estimate of drug-likeness (QED) is 0.519. The number of H-pyrrole nitrogens is 1. The lowest BCUT2D eigenvalue weighted by molar-refractivity contribution is 0.286. The predicted molar refractivity (Wildman–Crippen MR) is 42.0 cm³/mol. The van der Waals surface area contributed by atoms with Crippen LogP contribution in [-0.4, -0.2) is 28.2 Å². The number of rotatable bonds is 5. The highest BCUT2D eigenvalue weighted by atomic mass is 16.3. The molecule has 0 saturated heterocycles. The van der Waals surface area contributed by atoms with Crippen molar-refractivity contribution in [1.29, 1.82) is 0 Å². The Morgan fingerprint density at radius 2 is 2.55 bits per heavy atom. The Labute approximate surface area is 65.7 Å². The molecule has 0 aromatic carbocycles. The van der Waals surface area contributed by atoms with Gasteiger partial charge in [0, 0.05) is 25.0 Å². The van der Waals surface area contributed by atoms with Crippen LogP contribution in [0.15, 0.2) is 12.5 Å². The average Bonchev–Trinajstić information content (AvgIpc) is 2.50. The van der Waals surface area contributed by atoms with Gasteiger partial charge in [-0.15, -0.1) is 0 Å². The third-order valence-corrected chi connectivity index (χ3v) is 1.38. The molecule has 0 saturated carbocycles. The number of aliphatic hydroxyl groups excluding tert-OH is 1. The third-order valence-electron chi connectivity index (χ3n) is 1.38. The minimum atomic E-state index is 0.246. The van der Waals surface area contributed by atoms with E-state index < -0.39 is 0 Å². The van der Waals surface area contributed by atoms with Gasteiger partial charge in [-0.3, -0.25) is 0 Å². The second kappa shape index (κ2) is 4.87. The van der Waals surface area contributed by atoms with Crippen molar-refractivity contribution in [2.45, 2.75) is 13.0 Å². The topological polar surface area (TPSA) is 60.9 Å². The average molecular weight is 155 g/mol. The maximum atomic E-state index is 8.46. The fourth-order valence-corrected chi connectivity index (χ4v) is 0.808. The zero-order chi connectivity index (χ0) is 7.94. The molecule has 3 N–H and O–H groups in total. The Morgan fingerprint density at radius 1 is 1.64 bits per heavy atom. The van der Waals surface area contributed by atoms with Crippen LogP contribution in [0.2, 0.25) is 0 Å². The molecule has 0 aliphatic heterocycles. The van der Waals surface area contributed by atoms with Crippen molar-refractivity contribution in [1.82, 2.24) is 15.3 Å². The summed E-state index contributed by atoms with van der Waals surface area (Å²) < 4.78 is 0. The Kier molecular flexibility index (Phi) is 3.64. The maximum absolute atomic E-state index is 8.46. The molecule has 11 heavy (non-hydrogen) atoms. The number of nitrogens with one attached hydrogen (secondary N) is 2. The second-order valence-electron chi connectivity index (χ2n) is 2.33. The van der Waals surface area contributed by atoms with Crippen molar-refractivity contribution in [3.05, 3.63) is 18.2 Å². The van der Waals surface area contributed by atoms with Crippen LogP contribution in [0.4, 0.5) is 0 Å². The SMILES string of the molecule is OCCCNCc1cnc[nH]1. The number of hydrogen-bond acceptors (Lipinski definition) is 3. The summed E-state index contributed by atoms with van der Waals surface area (Å²) in [6, 6.07) is 0. The summed E-state index contributed by atoms with van der Waals surface area (Å²) in [5.74, 6) is 0. The molecule has 0 fully saturated rings. The van der Waals surface area contributed by atoms with Gasteiger partial charge in [0.25, 0.3) is 0 Å². The molecular formula is C7H13N3O. The van der Waals surface area contributed by atoms with Crippen LogP contribution in [0.25, 0.3) is 0 Å². The highest BCUT2D eigenvalue weighted by molar-refractivity contribution is 4.92. The summed E-state index contributed by atoms with van der Waals surface area (Å²) in [4.78, 5) is 6.85. The van der Waals surface area contributed by atoms with Crippen molar-refractivity contribution in [2.75, 3.05) is 13.2 Å². The minimum Gasteiger partial charge on any atom is -0.396 e. The van der Waals surface area contributed by atoms with E-state index in [1.54, 1.807) is 12.5 Å². The van der Waals surface area contributed by atoms with E-state index >= 15 is 0 Å². The fourth-order valence-electron chi connectivity index (χ4n) is 0.808. The lowest BCUT2D eigenvalue weighted by atomic mass is 10.4. The zero-order valence-corrected chi connectivity index (χ0v) is 6.38. The standard InChI is InChI=1S/C7H13N3O/c11-3-1-2-8-4-7-5-9-6-10-7/h5-6,8,11H,1-4H2,(H,9,10). The largest absolute Gasteiger partial charge is 0.396 e. The van der Waals surface area contributed by atoms with Gasteiger partial charge in [0.2, 0.25) is 0 Å². The van der Waals surface area contributed by atoms with Gasteiger partial charge in [-0.25, -0.2) is 4.98 Å². The van der Waals surface area contributed by atoms with E-state index in [0.29, 0.717) is 0 Å². The van der Waals surface area contributed by atoms with Gasteiger partial charge in [-0.1, -0.05) is 0 Å². The third kappa shape index (κ3) is 3.15. The van der Waals surface area contributed by atoms with E-state index in [-0.39, 0.29) is 6.61 Å². The van der Waals surface area contributed by atoms with Gasteiger partial charge in [0.05, 0.1) is 6.33 Å². The monoisotopic (exact) mass is 155 g/mol. The van der Waals surface area contributed by atoms with Crippen LogP contribution in [-0.2, 0) is 6.54 Å². The molecule has 4 heteroatoms. The van der Waals surface area contributed by atoms with Crippen LogP contribution >= 0.6 is 0 Å². The molecule has 0 atom stereocenters. The van der Waals surface area contributed by atoms with Crippen LogP contribution in [0.1, 0.15) is 12.1 Å². The molecule has 1 rings (SSSR count). The Morgan fingerprint density at radius 3 is 3.18 bits per heavy atom. The molecule has 1 heterocycles. The second-order valence-corrected chi connectivity index (χ2v) is 2.33. The molecule has 0 aliphatic rings. The molecule has 0 amide bonds. The molecular weight excluding hydrogens is 142 g/mol. The summed E-state index contributed by atoms with van der Waals surface area (Å²) in [6.07, 6.45) is 4.24. The van der Waals surface area contributed by atoms with Crippen LogP contribution in [0.3, 0.4) is 0 Å². The number of aromatic nitrogens is 2. The van der Waals surface area contributed by atoms with E-state index in [1.807, 2.05) is 0 Å². The predicted octanol–water partition coefficient (Wildman–Crippen LogP) is -0.118. The Hall–Kier alpha value is -0.870. The smallest absolute Gasteiger partial charge is 0.0922 e. The first-order chi connectivity index (χ1) is 5.43. The van der Waals surface area contributed by atoms with Crippen molar-refractivity contribution >= 4 is 0 Å². The first kappa shape index (κ1) is 8.23. The van der Waals surface area contributed by atoms with Crippen molar-refractivity contribution in [3.63, 3.8) is 0 Å². The van der Waals surface area contributed by atoms with Crippen LogP contribution in [0.5, 0.6) is 0 Å². The van der Waals surface area contributed by atoms with Crippen molar-refractivity contribution in [3.8, 4) is 0 Å². The van der Waals surface area contributed by atoms with Gasteiger partial charge >= 0.3 is 0 Å². The molecule has 0 bridgehead atoms. The lowest BCUT2D eigenvalue weighted by Gasteiger charge is -1.99. The summed E-state index contributed by atoms with van der Waals surface area (Å²) in [7, 11) is 0. The molecule has 0 radical (unpaired) electrons. The summed E-state index contributed by atoms with van der Waals surface area (Å²) >= 11 is 0. The normalized spacial score (nSPS) is 10.3. The first-order valence-electron chi connectivity index (χ1n) is 3.72. The molecule has 0 unspecified atom stereocenters. The summed E-state index contributed by atoms with van der Waals surface area (Å²) in [5.41, 5.74) is 1.07. The fraction of sp³-hybridized carbons (Fsp3) is 0.571. The molecule has 62 valence electrons. The molecule has 1 aromatic heterocycles. The minimum absolute atomic E-state index is 0.246. The molecule has 0 spiro atoms. The Bertz CT molecular complexity index is 174. The number of aliphatic hydroxyl groups is 1. The van der Waals surface area contributed by atoms with E-state index in [2.05, 4.69) is 15.3 Å². The molecule has 1 aromatic rings. The summed E-state index contributed by atoms with van der Waals surface area (Å²) in [5, 5.41) is 11.6. The molecule has 0 aliphatic carbocycles. The van der Waals surface area contributed by atoms with E-state index in [9.17, 15) is 0 Å². The van der Waals surface area contributed by atoms with E-state index in [1.165, 1.54) is 0 Å². The summed E-state index contributed by atoms with van der Waals surface area (Å²) in [6.45, 7) is 1.88. The van der Waals surface area contributed by atoms with Crippen LogP contribution < -0.4 is 5.32 Å². The maximum Gasteiger partial charge on any atom is 0.0922 e. The van der Waals surface area contributed by atoms with Gasteiger partial charge in [-0.05, 0) is 13.0 Å². The van der Waals surface area contributed by atoms with E-state index in [4.69, 9.17) is 5.11 Å². The van der Waals surface area contributed by atoms with Crippen molar-refractivity contribution in [2.24, 2.45) is 0 Å². The number of nitrogens with zero attached hydrogens (tertiary/aromatic N) is 1. The highest BCUT2D eigenvalue weighted by Gasteiger charge is 1.90. The lowest BCUT2D eigenvalue weighted by Crippen LogP contribution is -2.15. The highest BCUT2D eigenvalue weighted by Crippen LogP contribution is 1.88. The van der Waals surface area contributed by atoms with Crippen molar-refractivity contribution < 1.29 is 5.11 Å². The zero-order valence-electron chi connectivity index (χ0n) is 6.38. The Balaban J connectivity index is 2.04. The van der Waals surface area contributed by atoms with Gasteiger partial charge < -0.3 is 15.4 Å². The first-order valence-corrected chi connectivity index (χ1v) is 3.72. The number of hydrogen-bond donors (Lipinski definition) is 3. The van der Waals surface area contributed by atoms with Crippen LogP contribution in [0, 0.1) is 0 Å². The number of aromatic amines is 1. The van der Waals surface area contributed by atoms with Gasteiger partial charge in [0.15, 0.2) is 0 Å². The number of imidazole rings is 1. The van der Waals surface area contributed by atoms with Gasteiger partial charge in [0.1, 0.15) is 0 Å². The van der Waals surface area contributed by atoms with Gasteiger partial charge in [-0.2, -0.15) is 0 Å². The van der Waals surface area contributed by atoms with E-state index in [0.717, 1.165) is 25.2 Å². The molecule has 4 nitrogen and oxygen atoms in total.